The van der Waals surface area contributed by atoms with E-state index in [2.05, 4.69) is 53.3 Å². The van der Waals surface area contributed by atoms with Crippen LogP contribution in [0.15, 0.2) is 48.8 Å². The second-order valence-corrected chi connectivity index (χ2v) is 11.2. The molecule has 2 aromatic carbocycles. The van der Waals surface area contributed by atoms with Gasteiger partial charge >= 0.3 is 6.09 Å². The molecule has 0 aliphatic carbocycles. The van der Waals surface area contributed by atoms with E-state index in [1.807, 2.05) is 56.5 Å². The molecule has 4 aromatic rings. The Bertz CT molecular complexity index is 1580. The van der Waals surface area contributed by atoms with E-state index < -0.39 is 5.60 Å². The topological polar surface area (TPSA) is 98.8 Å². The first-order valence-corrected chi connectivity index (χ1v) is 13.3. The Hall–Kier alpha value is -4.32. The number of carbonyl (C=O) groups excluding carboxylic acids is 1. The van der Waals surface area contributed by atoms with Gasteiger partial charge in [-0.25, -0.2) is 9.78 Å². The third kappa shape index (κ3) is 5.19. The summed E-state index contributed by atoms with van der Waals surface area (Å²) in [6.45, 7) is 13.7. The molecule has 5 rings (SSSR count). The summed E-state index contributed by atoms with van der Waals surface area (Å²) in [5, 5.41) is 14.1. The number of fused-ring (bicyclic) bond motifs is 3. The van der Waals surface area contributed by atoms with Crippen molar-refractivity contribution in [3.63, 3.8) is 0 Å². The number of imidazole rings is 1. The van der Waals surface area contributed by atoms with E-state index in [1.165, 1.54) is 0 Å². The summed E-state index contributed by atoms with van der Waals surface area (Å²) >= 11 is 0. The Kier molecular flexibility index (Phi) is 6.81. The van der Waals surface area contributed by atoms with Crippen molar-refractivity contribution in [1.82, 2.24) is 19.3 Å². The van der Waals surface area contributed by atoms with E-state index in [-0.39, 0.29) is 18.2 Å². The first kappa shape index (κ1) is 26.3. The monoisotopic (exact) mass is 525 g/mol. The highest BCUT2D eigenvalue weighted by Gasteiger charge is 2.30. The number of carbonyl (C=O) groups is 1. The zero-order chi connectivity index (χ0) is 27.9. The third-order valence-electron chi connectivity index (χ3n) is 7.25. The molecule has 0 radical (unpaired) electrons. The van der Waals surface area contributed by atoms with Gasteiger partial charge in [-0.3, -0.25) is 4.40 Å². The molecule has 202 valence electrons. The van der Waals surface area contributed by atoms with E-state index in [1.54, 1.807) is 11.1 Å². The van der Waals surface area contributed by atoms with Gasteiger partial charge in [0.25, 0.3) is 0 Å². The maximum Gasteiger partial charge on any atom is 0.410 e. The Morgan fingerprint density at radius 3 is 2.74 bits per heavy atom. The van der Waals surface area contributed by atoms with Crippen molar-refractivity contribution in [3.05, 3.63) is 65.5 Å². The van der Waals surface area contributed by atoms with Crippen LogP contribution in [0.4, 0.5) is 16.3 Å². The molecule has 0 bridgehead atoms. The lowest BCUT2D eigenvalue weighted by Crippen LogP contribution is -2.54. The van der Waals surface area contributed by atoms with Gasteiger partial charge in [0, 0.05) is 49.1 Å². The second-order valence-electron chi connectivity index (χ2n) is 11.2. The van der Waals surface area contributed by atoms with Crippen LogP contribution in [0.25, 0.3) is 16.7 Å². The standard InChI is InChI=1S/C30H35N7O2/c1-19-18-35(29(38)39-30(4,5)6)14-15-36(19)23-10-11-26-25(16-23)27(34-28-32-12-13-37(26)28)33-21(3)24-9-7-8-22(17-31)20(24)2/h7-13,16,19,21H,14-15,18H2,1-6H3,(H,32,33,34). The van der Waals surface area contributed by atoms with Crippen molar-refractivity contribution < 1.29 is 9.53 Å². The molecule has 3 heterocycles. The Balaban J connectivity index is 1.47. The molecule has 1 saturated heterocycles. The minimum atomic E-state index is -0.517. The predicted molar refractivity (Wildman–Crippen MR) is 153 cm³/mol. The fourth-order valence-electron chi connectivity index (χ4n) is 5.30. The van der Waals surface area contributed by atoms with Crippen molar-refractivity contribution in [2.45, 2.75) is 59.2 Å². The molecule has 9 heteroatoms. The molecular weight excluding hydrogens is 490 g/mol. The summed E-state index contributed by atoms with van der Waals surface area (Å²) in [5.74, 6) is 1.35. The quantitative estimate of drug-likeness (QED) is 0.366. The number of rotatable bonds is 4. The van der Waals surface area contributed by atoms with E-state index in [0.717, 1.165) is 33.5 Å². The number of hydrogen-bond donors (Lipinski definition) is 1. The second kappa shape index (κ2) is 10.1. The average Bonchev–Trinajstić information content (AvgIpc) is 3.36. The minimum Gasteiger partial charge on any atom is -0.444 e. The zero-order valence-electron chi connectivity index (χ0n) is 23.4. The van der Waals surface area contributed by atoms with Crippen molar-refractivity contribution in [1.29, 1.82) is 5.26 Å². The number of amides is 1. The number of nitrogens with zero attached hydrogens (tertiary/aromatic N) is 6. The van der Waals surface area contributed by atoms with Gasteiger partial charge in [-0.2, -0.15) is 10.2 Å². The van der Waals surface area contributed by atoms with Crippen LogP contribution in [0.2, 0.25) is 0 Å². The van der Waals surface area contributed by atoms with Gasteiger partial charge in [0.15, 0.2) is 0 Å². The largest absolute Gasteiger partial charge is 0.444 e. The van der Waals surface area contributed by atoms with Crippen LogP contribution in [-0.2, 0) is 4.74 Å². The van der Waals surface area contributed by atoms with Crippen LogP contribution in [0.1, 0.15) is 57.4 Å². The predicted octanol–water partition coefficient (Wildman–Crippen LogP) is 5.68. The number of aromatic nitrogens is 3. The van der Waals surface area contributed by atoms with Crippen molar-refractivity contribution in [2.24, 2.45) is 0 Å². The molecule has 1 N–H and O–H groups in total. The van der Waals surface area contributed by atoms with E-state index >= 15 is 0 Å². The summed E-state index contributed by atoms with van der Waals surface area (Å²) in [7, 11) is 0. The normalized spacial score (nSPS) is 16.8. The van der Waals surface area contributed by atoms with Gasteiger partial charge in [-0.1, -0.05) is 12.1 Å². The van der Waals surface area contributed by atoms with Crippen LogP contribution < -0.4 is 10.2 Å². The van der Waals surface area contributed by atoms with Crippen LogP contribution in [-0.4, -0.2) is 56.6 Å². The molecule has 2 aromatic heterocycles. The van der Waals surface area contributed by atoms with Gasteiger partial charge in [0.05, 0.1) is 23.2 Å². The number of ether oxygens (including phenoxy) is 1. The highest BCUT2D eigenvalue weighted by Crippen LogP contribution is 2.32. The zero-order valence-corrected chi connectivity index (χ0v) is 23.4. The fraction of sp³-hybridized carbons (Fsp3) is 0.400. The first-order valence-electron chi connectivity index (χ1n) is 13.3. The highest BCUT2D eigenvalue weighted by molar-refractivity contribution is 5.94. The van der Waals surface area contributed by atoms with Crippen LogP contribution >= 0.6 is 0 Å². The van der Waals surface area contributed by atoms with Gasteiger partial charge in [-0.05, 0) is 76.9 Å². The first-order chi connectivity index (χ1) is 18.6. The molecule has 2 atom stereocenters. The molecular formula is C30H35N7O2. The van der Waals surface area contributed by atoms with Crippen LogP contribution in [0, 0.1) is 18.3 Å². The van der Waals surface area contributed by atoms with Gasteiger partial charge in [0.2, 0.25) is 5.78 Å². The summed E-state index contributed by atoms with van der Waals surface area (Å²) in [6, 6.07) is 14.5. The SMILES string of the molecule is Cc1c(C#N)cccc1C(C)Nc1nc2nccn2c2ccc(N3CCN(C(=O)OC(C)(C)C)CC3C)cc12. The number of nitriles is 1. The maximum atomic E-state index is 12.6. The number of benzene rings is 2. The number of nitrogens with one attached hydrogen (secondary N) is 1. The molecule has 0 saturated carbocycles. The summed E-state index contributed by atoms with van der Waals surface area (Å²) < 4.78 is 7.58. The molecule has 1 aliphatic rings. The summed E-state index contributed by atoms with van der Waals surface area (Å²) in [5.41, 5.74) is 4.23. The lowest BCUT2D eigenvalue weighted by molar-refractivity contribution is 0.0219. The molecule has 1 aliphatic heterocycles. The summed E-state index contributed by atoms with van der Waals surface area (Å²) in [6.07, 6.45) is 3.40. The Morgan fingerprint density at radius 1 is 1.23 bits per heavy atom. The van der Waals surface area contributed by atoms with Crippen molar-refractivity contribution in [3.8, 4) is 6.07 Å². The fourth-order valence-corrected chi connectivity index (χ4v) is 5.30. The molecule has 0 spiro atoms. The van der Waals surface area contributed by atoms with Crippen LogP contribution in [0.3, 0.4) is 0 Å². The van der Waals surface area contributed by atoms with Crippen LogP contribution in [0.5, 0.6) is 0 Å². The maximum absolute atomic E-state index is 12.6. The molecule has 39 heavy (non-hydrogen) atoms. The van der Waals surface area contributed by atoms with E-state index in [4.69, 9.17) is 9.72 Å². The third-order valence-corrected chi connectivity index (χ3v) is 7.25. The lowest BCUT2D eigenvalue weighted by Gasteiger charge is -2.41. The highest BCUT2D eigenvalue weighted by atomic mass is 16.6. The summed E-state index contributed by atoms with van der Waals surface area (Å²) in [4.78, 5) is 26.1. The van der Waals surface area contributed by atoms with Gasteiger partial charge in [-0.15, -0.1) is 0 Å². The molecule has 2 unspecified atom stereocenters. The number of piperazine rings is 1. The van der Waals surface area contributed by atoms with Gasteiger partial charge < -0.3 is 19.9 Å². The Labute approximate surface area is 229 Å². The minimum absolute atomic E-state index is 0.0774. The Morgan fingerprint density at radius 2 is 2.03 bits per heavy atom. The van der Waals surface area contributed by atoms with E-state index in [0.29, 0.717) is 31.0 Å². The molecule has 1 fully saturated rings. The lowest BCUT2D eigenvalue weighted by atomic mass is 9.98. The molecule has 1 amide bonds. The van der Waals surface area contributed by atoms with Crippen molar-refractivity contribution in [2.75, 3.05) is 29.9 Å². The van der Waals surface area contributed by atoms with E-state index in [9.17, 15) is 10.1 Å². The van der Waals surface area contributed by atoms with Crippen molar-refractivity contribution >= 4 is 34.3 Å². The number of anilines is 2. The van der Waals surface area contributed by atoms with Gasteiger partial charge in [0.1, 0.15) is 11.4 Å². The smallest absolute Gasteiger partial charge is 0.410 e. The molecule has 9 nitrogen and oxygen atoms in total. The average molecular weight is 526 g/mol. The number of hydrogen-bond acceptors (Lipinski definition) is 7.